The Morgan fingerprint density at radius 3 is 2.16 bits per heavy atom. The van der Waals surface area contributed by atoms with Crippen LogP contribution in [-0.4, -0.2) is 172 Å². The summed E-state index contributed by atoms with van der Waals surface area (Å²) in [5.74, 6) is -6.90. The smallest absolute Gasteiger partial charge is 0.329 e. The number of nitrogens with one attached hydrogen (secondary N) is 3. The molecule has 11 atom stereocenters. The maximum Gasteiger partial charge on any atom is 0.329 e. The molecule has 0 radical (unpaired) electrons. The van der Waals surface area contributed by atoms with Gasteiger partial charge in [-0.1, -0.05) is 80.5 Å². The van der Waals surface area contributed by atoms with Crippen LogP contribution in [0.2, 0.25) is 0 Å². The largest absolute Gasteiger partial charge is 0.497 e. The second kappa shape index (κ2) is 26.3. The zero-order valence-electron chi connectivity index (χ0n) is 46.8. The van der Waals surface area contributed by atoms with E-state index in [1.54, 1.807) is 56.9 Å². The van der Waals surface area contributed by atoms with E-state index < -0.39 is 126 Å². The van der Waals surface area contributed by atoms with Crippen molar-refractivity contribution in [2.45, 2.75) is 194 Å². The van der Waals surface area contributed by atoms with Crippen LogP contribution in [0.25, 0.3) is 0 Å². The van der Waals surface area contributed by atoms with E-state index >= 15 is 4.79 Å². The Bertz CT molecular complexity index is 2310. The fourth-order valence-electron chi connectivity index (χ4n) is 11.1. The van der Waals surface area contributed by atoms with Gasteiger partial charge < -0.3 is 54.9 Å². The second-order valence-corrected chi connectivity index (χ2v) is 22.6. The minimum absolute atomic E-state index is 0.0825. The van der Waals surface area contributed by atoms with Crippen LogP contribution >= 0.6 is 0 Å². The summed E-state index contributed by atoms with van der Waals surface area (Å²) < 4.78 is 17.3. The number of likely N-dealkylation sites (N-methyl/N-ethyl adjacent to an activating group) is 1. The van der Waals surface area contributed by atoms with Crippen molar-refractivity contribution < 1.29 is 62.5 Å². The van der Waals surface area contributed by atoms with Gasteiger partial charge in [0.25, 0.3) is 5.91 Å². The maximum atomic E-state index is 15.0. The Morgan fingerprint density at radius 2 is 1.57 bits per heavy atom. The van der Waals surface area contributed by atoms with Gasteiger partial charge in [-0.05, 0) is 100 Å². The molecule has 1 spiro atoms. The van der Waals surface area contributed by atoms with Gasteiger partial charge >= 0.3 is 11.9 Å². The summed E-state index contributed by atoms with van der Waals surface area (Å²) in [5.41, 5.74) is -0.285. The summed E-state index contributed by atoms with van der Waals surface area (Å²) in [6, 6.07) is -0.655. The molecular weight excluding hydrogens is 979 g/mol. The first-order chi connectivity index (χ1) is 35.8. The number of likely N-dealkylation sites (tertiary alicyclic amines) is 2. The number of hydrogen-bond donors (Lipinski definition) is 4. The zero-order chi connectivity index (χ0) is 56.5. The van der Waals surface area contributed by atoms with E-state index in [4.69, 9.17) is 14.2 Å². The van der Waals surface area contributed by atoms with Crippen molar-refractivity contribution in [2.75, 3.05) is 33.8 Å². The average molecular weight is 1060 g/mol. The van der Waals surface area contributed by atoms with Gasteiger partial charge in [0, 0.05) is 38.7 Å². The fraction of sp³-hybridized carbons (Fsp3) is 0.696. The predicted molar refractivity (Wildman–Crippen MR) is 282 cm³/mol. The van der Waals surface area contributed by atoms with Crippen molar-refractivity contribution in [3.05, 3.63) is 42.0 Å². The minimum Gasteiger partial charge on any atom is -0.497 e. The topological polar surface area (TPSA) is 251 Å². The summed E-state index contributed by atoms with van der Waals surface area (Å²) in [6.07, 6.45) is -2.52. The predicted octanol–water partition coefficient (Wildman–Crippen LogP) is 3.45. The summed E-state index contributed by atoms with van der Waals surface area (Å²) in [4.78, 5) is 136. The van der Waals surface area contributed by atoms with Gasteiger partial charge in [-0.25, -0.2) is 4.79 Å². The molecule has 20 nitrogen and oxygen atoms in total. The number of esters is 2. The highest BCUT2D eigenvalue weighted by molar-refractivity contribution is 6.01. The second-order valence-electron chi connectivity index (χ2n) is 22.6. The lowest BCUT2D eigenvalue weighted by atomic mass is 9.92. The first-order valence-corrected chi connectivity index (χ1v) is 27.2. The maximum absolute atomic E-state index is 15.0. The third-order valence-electron chi connectivity index (χ3n) is 15.5. The van der Waals surface area contributed by atoms with Gasteiger partial charge in [0.1, 0.15) is 47.6 Å². The normalized spacial score (nSPS) is 28.5. The number of benzene rings is 1. The van der Waals surface area contributed by atoms with Gasteiger partial charge in [-0.2, -0.15) is 0 Å². The molecule has 0 unspecified atom stereocenters. The molecule has 7 amide bonds. The summed E-state index contributed by atoms with van der Waals surface area (Å²) in [7, 11) is 2.94. The molecule has 20 heteroatoms. The van der Waals surface area contributed by atoms with Crippen LogP contribution in [0.15, 0.2) is 36.4 Å². The summed E-state index contributed by atoms with van der Waals surface area (Å²) in [5, 5.41) is 20.3. The molecule has 1 aromatic carbocycles. The fourth-order valence-corrected chi connectivity index (χ4v) is 11.1. The van der Waals surface area contributed by atoms with Crippen LogP contribution < -0.4 is 20.7 Å². The number of fused-ring (bicyclic) bond motifs is 1. The molecule has 0 aromatic heterocycles. The Morgan fingerprint density at radius 1 is 0.895 bits per heavy atom. The number of nitrogens with zero attached hydrogens (tertiary/aromatic N) is 4. The Labute approximate surface area is 448 Å². The number of methoxy groups -OCH3 is 1. The van der Waals surface area contributed by atoms with Crippen LogP contribution in [0.4, 0.5) is 0 Å². The first-order valence-electron chi connectivity index (χ1n) is 27.2. The van der Waals surface area contributed by atoms with Crippen LogP contribution in [0, 0.1) is 23.7 Å². The molecule has 4 saturated heterocycles. The number of carbonyl (C=O) groups excluding carboxylic acids is 9. The van der Waals surface area contributed by atoms with Gasteiger partial charge in [0.2, 0.25) is 35.4 Å². The molecule has 4 aliphatic rings. The van der Waals surface area contributed by atoms with E-state index in [0.29, 0.717) is 43.5 Å². The number of rotatable bonds is 14. The highest BCUT2D eigenvalue weighted by Gasteiger charge is 2.57. The molecule has 0 saturated carbocycles. The highest BCUT2D eigenvalue weighted by Crippen LogP contribution is 2.41. The lowest BCUT2D eigenvalue weighted by Crippen LogP contribution is -2.62. The van der Waals surface area contributed by atoms with Crippen molar-refractivity contribution in [1.29, 1.82) is 0 Å². The molecule has 5 rings (SSSR count). The number of hydrogen-bond acceptors (Lipinski definition) is 13. The molecule has 422 valence electrons. The summed E-state index contributed by atoms with van der Waals surface area (Å²) >= 11 is 0. The Hall–Kier alpha value is -6.05. The third-order valence-corrected chi connectivity index (χ3v) is 15.5. The lowest BCUT2D eigenvalue weighted by Gasteiger charge is -2.37. The summed E-state index contributed by atoms with van der Waals surface area (Å²) in [6.45, 7) is 21.9. The van der Waals surface area contributed by atoms with Crippen molar-refractivity contribution in [3.63, 3.8) is 0 Å². The van der Waals surface area contributed by atoms with Gasteiger partial charge in [0.05, 0.1) is 25.7 Å². The monoisotopic (exact) mass is 1060 g/mol. The molecule has 4 aliphatic heterocycles. The van der Waals surface area contributed by atoms with E-state index in [9.17, 15) is 43.5 Å². The van der Waals surface area contributed by atoms with E-state index in [2.05, 4.69) is 22.5 Å². The SMILES string of the molecule is C=C(C)C(=O)N1CCC[C@]12CCN([C@H](CC(C)C)C(=O)N[C@@H]1C(=O)N[C@H]([C@@H](C)CC)[C@@H](O)CC(=O)O[C@@H](C(C)C)C(=O)N[C@@H](CC(C)C)C(=O)N3CCC[C@H]3C(=O)N(C)[C@@H](Cc3ccc(OC)cc3)C(=O)O[C@@H]1C)C2=O. The van der Waals surface area contributed by atoms with Crippen molar-refractivity contribution in [2.24, 2.45) is 23.7 Å². The highest BCUT2D eigenvalue weighted by atomic mass is 16.6. The molecule has 4 fully saturated rings. The number of aliphatic hydroxyl groups is 1. The molecule has 0 aliphatic carbocycles. The first kappa shape index (κ1) is 60.8. The molecule has 0 bridgehead atoms. The third kappa shape index (κ3) is 14.1. The lowest BCUT2D eigenvalue weighted by molar-refractivity contribution is -0.162. The quantitative estimate of drug-likeness (QED) is 0.154. The van der Waals surface area contributed by atoms with Gasteiger partial charge in [-0.15, -0.1) is 0 Å². The molecule has 4 heterocycles. The van der Waals surface area contributed by atoms with E-state index in [-0.39, 0.29) is 68.5 Å². The molecule has 4 N–H and O–H groups in total. The Balaban J connectivity index is 1.61. The molecular formula is C56H85N7O13. The van der Waals surface area contributed by atoms with Crippen molar-refractivity contribution in [1.82, 2.24) is 35.6 Å². The minimum atomic E-state index is -1.69. The number of carbonyl (C=O) groups is 9. The average Bonchev–Trinajstić information content (AvgIpc) is 4.12. The zero-order valence-corrected chi connectivity index (χ0v) is 46.8. The molecule has 1 aromatic rings. The van der Waals surface area contributed by atoms with E-state index in [0.717, 1.165) is 0 Å². The Kier molecular flexibility index (Phi) is 21.1. The number of cyclic esters (lactones) is 2. The number of aliphatic hydroxyl groups excluding tert-OH is 1. The van der Waals surface area contributed by atoms with Crippen LogP contribution in [0.3, 0.4) is 0 Å². The van der Waals surface area contributed by atoms with E-state index in [1.165, 1.54) is 35.8 Å². The standard InChI is InChI=1S/C56H85N7O13/c1-14-35(10)45-43(64)30-44(65)76-47(33(6)7)50(68)57-39(27-31(2)3)52(70)61-24-15-17-40(61)53(71)60(12)42(29-37-18-20-38(74-13)21-19-37)54(72)75-36(11)46(49(67)58-45)59-48(66)41(28-32(4)5)62-26-23-56(55(62)73)22-16-25-63(56)51(69)34(8)9/h18-21,31-33,35-36,39-43,45-47,64H,8,14-17,22-30H2,1-7,9-13H3,(H,57,68)(H,58,67)(H,59,66)/t35-,36+,39-,40-,41+,42-,43-,45+,46-,47-,56+/m0/s1. The van der Waals surface area contributed by atoms with Crippen LogP contribution in [-0.2, 0) is 59.0 Å². The van der Waals surface area contributed by atoms with Crippen molar-refractivity contribution in [3.8, 4) is 5.75 Å². The molecule has 76 heavy (non-hydrogen) atoms. The van der Waals surface area contributed by atoms with Crippen molar-refractivity contribution >= 4 is 53.3 Å². The van der Waals surface area contributed by atoms with Crippen LogP contribution in [0.1, 0.15) is 133 Å². The number of ether oxygens (including phenoxy) is 3. The number of amides is 7. The van der Waals surface area contributed by atoms with Gasteiger partial charge in [0.15, 0.2) is 6.10 Å². The van der Waals surface area contributed by atoms with Crippen LogP contribution in [0.5, 0.6) is 5.75 Å². The van der Waals surface area contributed by atoms with E-state index in [1.807, 2.05) is 34.6 Å². The van der Waals surface area contributed by atoms with Gasteiger partial charge in [-0.3, -0.25) is 38.4 Å².